The Bertz CT molecular complexity index is 865. The lowest BCUT2D eigenvalue weighted by Gasteiger charge is -2.17. The number of nitrogens with one attached hydrogen (secondary N) is 1. The Morgan fingerprint density at radius 1 is 1.07 bits per heavy atom. The van der Waals surface area contributed by atoms with E-state index in [0.29, 0.717) is 17.9 Å². The molecule has 1 aromatic carbocycles. The third-order valence-electron chi connectivity index (χ3n) is 4.20. The van der Waals surface area contributed by atoms with Crippen molar-refractivity contribution in [1.82, 2.24) is 14.9 Å². The van der Waals surface area contributed by atoms with E-state index in [0.717, 1.165) is 23.4 Å². The van der Waals surface area contributed by atoms with Crippen molar-refractivity contribution in [1.29, 1.82) is 0 Å². The maximum absolute atomic E-state index is 12.5. The number of likely N-dealkylation sites (N-methyl/N-ethyl adjacent to an activating group) is 1. The number of rotatable bonds is 7. The molecule has 2 aromatic heterocycles. The zero-order valence-corrected chi connectivity index (χ0v) is 15.4. The van der Waals surface area contributed by atoms with E-state index in [1.165, 1.54) is 0 Å². The molecule has 6 heteroatoms. The molecule has 0 unspecified atom stereocenters. The topological polar surface area (TPSA) is 67.3 Å². The van der Waals surface area contributed by atoms with Crippen LogP contribution in [0.25, 0.3) is 0 Å². The van der Waals surface area contributed by atoms with E-state index < -0.39 is 0 Å². The number of benzene rings is 1. The van der Waals surface area contributed by atoms with Crippen molar-refractivity contribution in [2.24, 2.45) is 0 Å². The quantitative estimate of drug-likeness (QED) is 0.696. The van der Waals surface area contributed by atoms with Crippen molar-refractivity contribution in [3.8, 4) is 5.75 Å². The summed E-state index contributed by atoms with van der Waals surface area (Å²) in [6.45, 7) is 0.634. The molecule has 3 rings (SSSR count). The number of carbonyl (C=O) groups is 1. The largest absolute Gasteiger partial charge is 0.497 e. The number of hydrogen-bond acceptors (Lipinski definition) is 5. The smallest absolute Gasteiger partial charge is 0.255 e. The second-order valence-electron chi connectivity index (χ2n) is 6.12. The minimum atomic E-state index is -0.0486. The fourth-order valence-electron chi connectivity index (χ4n) is 2.58. The van der Waals surface area contributed by atoms with Gasteiger partial charge in [-0.05, 0) is 60.5 Å². The summed E-state index contributed by atoms with van der Waals surface area (Å²) in [5, 5.41) is 3.20. The van der Waals surface area contributed by atoms with Crippen LogP contribution >= 0.6 is 0 Å². The molecule has 0 saturated carbocycles. The number of nitrogens with zero attached hydrogens (tertiary/aromatic N) is 3. The van der Waals surface area contributed by atoms with Crippen LogP contribution in [0.3, 0.4) is 0 Å². The molecule has 0 radical (unpaired) electrons. The first-order valence-electron chi connectivity index (χ1n) is 8.67. The Morgan fingerprint density at radius 2 is 1.81 bits per heavy atom. The third-order valence-corrected chi connectivity index (χ3v) is 4.20. The highest BCUT2D eigenvalue weighted by molar-refractivity contribution is 5.94. The van der Waals surface area contributed by atoms with E-state index in [4.69, 9.17) is 4.74 Å². The molecule has 1 amide bonds. The predicted octanol–water partition coefficient (Wildman–Crippen LogP) is 3.54. The van der Waals surface area contributed by atoms with Crippen LogP contribution in [-0.4, -0.2) is 41.5 Å². The Hall–Kier alpha value is -3.41. The van der Waals surface area contributed by atoms with Gasteiger partial charge in [-0.15, -0.1) is 0 Å². The molecule has 0 aliphatic rings. The van der Waals surface area contributed by atoms with Gasteiger partial charge in [-0.25, -0.2) is 4.98 Å². The Kier molecular flexibility index (Phi) is 5.99. The van der Waals surface area contributed by atoms with Crippen LogP contribution in [0.4, 0.5) is 11.5 Å². The van der Waals surface area contributed by atoms with Gasteiger partial charge in [-0.2, -0.15) is 0 Å². The first-order valence-corrected chi connectivity index (χ1v) is 8.67. The Balaban J connectivity index is 1.57. The van der Waals surface area contributed by atoms with Gasteiger partial charge in [0, 0.05) is 37.9 Å². The number of carbonyl (C=O) groups excluding carboxylic acids is 1. The lowest BCUT2D eigenvalue weighted by Crippen LogP contribution is -2.28. The number of amides is 1. The first kappa shape index (κ1) is 18.4. The van der Waals surface area contributed by atoms with Crippen LogP contribution in [0.2, 0.25) is 0 Å². The van der Waals surface area contributed by atoms with Crippen molar-refractivity contribution in [2.75, 3.05) is 26.0 Å². The van der Waals surface area contributed by atoms with Gasteiger partial charge >= 0.3 is 0 Å². The van der Waals surface area contributed by atoms with Crippen LogP contribution in [0.1, 0.15) is 15.9 Å². The lowest BCUT2D eigenvalue weighted by molar-refractivity contribution is 0.0796. The number of anilines is 2. The predicted molar refractivity (Wildman–Crippen MR) is 105 cm³/mol. The maximum Gasteiger partial charge on any atom is 0.255 e. The molecule has 0 saturated heterocycles. The highest BCUT2D eigenvalue weighted by Crippen LogP contribution is 2.19. The summed E-state index contributed by atoms with van der Waals surface area (Å²) in [7, 11) is 3.43. The van der Waals surface area contributed by atoms with Gasteiger partial charge in [0.15, 0.2) is 0 Å². The summed E-state index contributed by atoms with van der Waals surface area (Å²) >= 11 is 0. The van der Waals surface area contributed by atoms with Crippen molar-refractivity contribution in [3.63, 3.8) is 0 Å². The summed E-state index contributed by atoms with van der Waals surface area (Å²) in [6, 6.07) is 15.1. The summed E-state index contributed by atoms with van der Waals surface area (Å²) in [5.41, 5.74) is 2.62. The van der Waals surface area contributed by atoms with E-state index in [2.05, 4.69) is 15.3 Å². The fraction of sp³-hybridized carbons (Fsp3) is 0.190. The normalized spacial score (nSPS) is 10.3. The molecule has 27 heavy (non-hydrogen) atoms. The van der Waals surface area contributed by atoms with E-state index in [1.54, 1.807) is 49.8 Å². The second-order valence-corrected chi connectivity index (χ2v) is 6.12. The van der Waals surface area contributed by atoms with Gasteiger partial charge in [0.05, 0.1) is 12.7 Å². The van der Waals surface area contributed by atoms with Crippen molar-refractivity contribution >= 4 is 17.4 Å². The first-order chi connectivity index (χ1) is 13.2. The van der Waals surface area contributed by atoms with Gasteiger partial charge in [0.25, 0.3) is 5.91 Å². The molecule has 6 nitrogen and oxygen atoms in total. The van der Waals surface area contributed by atoms with Crippen LogP contribution < -0.4 is 10.1 Å². The average Bonchev–Trinajstić information content (AvgIpc) is 2.73. The number of ether oxygens (including phenoxy) is 1. The molecule has 0 spiro atoms. The van der Waals surface area contributed by atoms with Gasteiger partial charge in [-0.1, -0.05) is 0 Å². The molecular formula is C21H22N4O2. The summed E-state index contributed by atoms with van der Waals surface area (Å²) in [5.74, 6) is 1.42. The third kappa shape index (κ3) is 5.04. The molecule has 0 fully saturated rings. The second kappa shape index (κ2) is 8.80. The number of aromatic nitrogens is 2. The molecule has 1 N–H and O–H groups in total. The minimum Gasteiger partial charge on any atom is -0.497 e. The number of pyridine rings is 2. The van der Waals surface area contributed by atoms with Gasteiger partial charge in [-0.3, -0.25) is 9.78 Å². The summed E-state index contributed by atoms with van der Waals surface area (Å²) < 4.78 is 5.14. The highest BCUT2D eigenvalue weighted by atomic mass is 16.5. The number of methoxy groups -OCH3 is 1. The van der Waals surface area contributed by atoms with Gasteiger partial charge in [0.2, 0.25) is 0 Å². The molecule has 0 aliphatic heterocycles. The van der Waals surface area contributed by atoms with Gasteiger partial charge < -0.3 is 15.0 Å². The molecule has 138 valence electrons. The lowest BCUT2D eigenvalue weighted by atomic mass is 10.2. The molecule has 2 heterocycles. The fourth-order valence-corrected chi connectivity index (χ4v) is 2.58. The monoisotopic (exact) mass is 362 g/mol. The van der Waals surface area contributed by atoms with E-state index in [1.807, 2.05) is 36.4 Å². The number of hydrogen-bond donors (Lipinski definition) is 1. The molecule has 0 atom stereocenters. The van der Waals surface area contributed by atoms with Crippen LogP contribution in [0.5, 0.6) is 5.75 Å². The Labute approximate surface area is 158 Å². The van der Waals surface area contributed by atoms with Crippen LogP contribution in [0.15, 0.2) is 67.1 Å². The van der Waals surface area contributed by atoms with E-state index in [9.17, 15) is 4.79 Å². The molecular weight excluding hydrogens is 340 g/mol. The summed E-state index contributed by atoms with van der Waals surface area (Å²) in [4.78, 5) is 22.6. The standard InChI is InChI=1S/C21H22N4O2/c1-25(14-11-16-9-12-22-13-10-16)21(26)17-3-8-20(23-15-17)24-18-4-6-19(27-2)7-5-18/h3-10,12-13,15H,11,14H2,1-2H3,(H,23,24). The van der Waals surface area contributed by atoms with Crippen LogP contribution in [-0.2, 0) is 6.42 Å². The van der Waals surface area contributed by atoms with Crippen molar-refractivity contribution in [3.05, 3.63) is 78.2 Å². The molecule has 0 aliphatic carbocycles. The SMILES string of the molecule is COc1ccc(Nc2ccc(C(=O)N(C)CCc3ccncc3)cn2)cc1. The maximum atomic E-state index is 12.5. The average molecular weight is 362 g/mol. The Morgan fingerprint density at radius 3 is 2.44 bits per heavy atom. The zero-order valence-electron chi connectivity index (χ0n) is 15.4. The molecule has 0 bridgehead atoms. The van der Waals surface area contributed by atoms with Gasteiger partial charge in [0.1, 0.15) is 11.6 Å². The minimum absolute atomic E-state index is 0.0486. The highest BCUT2D eigenvalue weighted by Gasteiger charge is 2.12. The zero-order chi connectivity index (χ0) is 19.1. The van der Waals surface area contributed by atoms with E-state index >= 15 is 0 Å². The summed E-state index contributed by atoms with van der Waals surface area (Å²) in [6.07, 6.45) is 5.90. The van der Waals surface area contributed by atoms with Crippen molar-refractivity contribution in [2.45, 2.75) is 6.42 Å². The van der Waals surface area contributed by atoms with Crippen molar-refractivity contribution < 1.29 is 9.53 Å². The molecule has 3 aromatic rings. The van der Waals surface area contributed by atoms with E-state index in [-0.39, 0.29) is 5.91 Å². The van der Waals surface area contributed by atoms with Crippen LogP contribution in [0, 0.1) is 0 Å².